The lowest BCUT2D eigenvalue weighted by Gasteiger charge is -2.11. The number of hydrogen-bond acceptors (Lipinski definition) is 7. The van der Waals surface area contributed by atoms with Gasteiger partial charge in [0.1, 0.15) is 5.76 Å². The van der Waals surface area contributed by atoms with Crippen molar-refractivity contribution < 1.29 is 24.1 Å². The van der Waals surface area contributed by atoms with Crippen molar-refractivity contribution in [3.63, 3.8) is 0 Å². The molecule has 35 heavy (non-hydrogen) atoms. The third kappa shape index (κ3) is 5.80. The van der Waals surface area contributed by atoms with E-state index in [1.807, 2.05) is 47.1 Å². The van der Waals surface area contributed by atoms with Crippen molar-refractivity contribution in [1.29, 1.82) is 0 Å². The number of methoxy groups -OCH3 is 2. The first kappa shape index (κ1) is 23.8. The van der Waals surface area contributed by atoms with Gasteiger partial charge in [-0.15, -0.1) is 0 Å². The van der Waals surface area contributed by atoms with Gasteiger partial charge in [0, 0.05) is 5.69 Å². The number of hydrogen-bond donors (Lipinski definition) is 2. The molecule has 0 saturated carbocycles. The molecule has 0 amide bonds. The minimum atomic E-state index is 0.0765. The molecule has 7 nitrogen and oxygen atoms in total. The predicted octanol–water partition coefficient (Wildman–Crippen LogP) is 6.02. The first-order chi connectivity index (χ1) is 17.0. The van der Waals surface area contributed by atoms with Gasteiger partial charge in [0.2, 0.25) is 4.77 Å². The summed E-state index contributed by atoms with van der Waals surface area (Å²) < 4.78 is 18.2. The Kier molecular flexibility index (Phi) is 7.32. The molecule has 0 aliphatic carbocycles. The molecule has 0 fully saturated rings. The molecule has 4 rings (SSSR count). The Labute approximate surface area is 207 Å². The van der Waals surface area contributed by atoms with Gasteiger partial charge in [0.25, 0.3) is 0 Å². The van der Waals surface area contributed by atoms with E-state index in [0.717, 1.165) is 22.6 Å². The van der Waals surface area contributed by atoms with Crippen LogP contribution in [-0.2, 0) is 6.54 Å². The molecule has 178 valence electrons. The van der Waals surface area contributed by atoms with Crippen molar-refractivity contribution in [2.75, 3.05) is 14.2 Å². The van der Waals surface area contributed by atoms with Gasteiger partial charge in [-0.3, -0.25) is 0 Å². The highest BCUT2D eigenvalue weighted by Gasteiger charge is 2.07. The Bertz CT molecular complexity index is 1440. The molecule has 2 aromatic heterocycles. The summed E-state index contributed by atoms with van der Waals surface area (Å²) in [4.78, 5) is 4.57. The SMILES string of the molecule is COc1cc(/C=C/c2cc(/C=C/c3ccc(O)c(OC)c3)n(Cc3ccco3)c(=S)n2)ccc1O. The van der Waals surface area contributed by atoms with Crippen molar-refractivity contribution in [2.45, 2.75) is 6.54 Å². The summed E-state index contributed by atoms with van der Waals surface area (Å²) in [5.41, 5.74) is 3.17. The Morgan fingerprint density at radius 2 is 1.51 bits per heavy atom. The van der Waals surface area contributed by atoms with E-state index < -0.39 is 0 Å². The fourth-order valence-electron chi connectivity index (χ4n) is 3.44. The van der Waals surface area contributed by atoms with Crippen LogP contribution in [0.1, 0.15) is 28.3 Å². The molecule has 0 aliphatic rings. The summed E-state index contributed by atoms with van der Waals surface area (Å²) in [6.45, 7) is 0.427. The van der Waals surface area contributed by atoms with E-state index in [1.54, 1.807) is 42.7 Å². The number of aromatic nitrogens is 2. The highest BCUT2D eigenvalue weighted by molar-refractivity contribution is 7.71. The number of ether oxygens (including phenoxy) is 2. The van der Waals surface area contributed by atoms with Crippen molar-refractivity contribution in [1.82, 2.24) is 9.55 Å². The van der Waals surface area contributed by atoms with Gasteiger partial charge < -0.3 is 28.7 Å². The minimum Gasteiger partial charge on any atom is -0.504 e. The van der Waals surface area contributed by atoms with Crippen LogP contribution in [0.4, 0.5) is 0 Å². The second-order valence-electron chi connectivity index (χ2n) is 7.58. The second-order valence-corrected chi connectivity index (χ2v) is 7.95. The second kappa shape index (κ2) is 10.8. The van der Waals surface area contributed by atoms with Gasteiger partial charge in [-0.25, -0.2) is 4.98 Å². The molecule has 8 heteroatoms. The van der Waals surface area contributed by atoms with Crippen LogP contribution in [0.3, 0.4) is 0 Å². The van der Waals surface area contributed by atoms with Gasteiger partial charge >= 0.3 is 0 Å². The highest BCUT2D eigenvalue weighted by atomic mass is 32.1. The summed E-state index contributed by atoms with van der Waals surface area (Å²) >= 11 is 5.61. The van der Waals surface area contributed by atoms with Gasteiger partial charge in [-0.2, -0.15) is 0 Å². The zero-order valence-corrected chi connectivity index (χ0v) is 20.0. The molecule has 0 radical (unpaired) electrons. The molecule has 0 saturated heterocycles. The Balaban J connectivity index is 1.71. The third-order valence-corrected chi connectivity index (χ3v) is 5.57. The summed E-state index contributed by atoms with van der Waals surface area (Å²) in [6.07, 6.45) is 9.16. The Morgan fingerprint density at radius 1 is 0.886 bits per heavy atom. The zero-order valence-electron chi connectivity index (χ0n) is 19.2. The van der Waals surface area contributed by atoms with Crippen molar-refractivity contribution in [2.24, 2.45) is 0 Å². The quantitative estimate of drug-likeness (QED) is 0.293. The molecular weight excluding hydrogens is 464 g/mol. The Morgan fingerprint density at radius 3 is 2.09 bits per heavy atom. The fourth-order valence-corrected chi connectivity index (χ4v) is 3.72. The van der Waals surface area contributed by atoms with Crippen LogP contribution < -0.4 is 9.47 Å². The summed E-state index contributed by atoms with van der Waals surface area (Å²) in [7, 11) is 3.01. The topological polar surface area (TPSA) is 89.9 Å². The van der Waals surface area contributed by atoms with Gasteiger partial charge in [-0.1, -0.05) is 24.3 Å². The number of phenols is 2. The van der Waals surface area contributed by atoms with Crippen LogP contribution in [0.5, 0.6) is 23.0 Å². The van der Waals surface area contributed by atoms with Crippen LogP contribution in [0, 0.1) is 4.77 Å². The lowest BCUT2D eigenvalue weighted by molar-refractivity contribution is 0.373. The monoisotopic (exact) mass is 488 g/mol. The van der Waals surface area contributed by atoms with Crippen LogP contribution in [0.15, 0.2) is 65.3 Å². The molecule has 0 unspecified atom stereocenters. The van der Waals surface area contributed by atoms with Crippen molar-refractivity contribution in [3.8, 4) is 23.0 Å². The summed E-state index contributed by atoms with van der Waals surface area (Å²) in [6, 6.07) is 15.8. The van der Waals surface area contributed by atoms with E-state index in [0.29, 0.717) is 28.5 Å². The third-order valence-electron chi connectivity index (χ3n) is 5.26. The average Bonchev–Trinajstić information content (AvgIpc) is 3.38. The predicted molar refractivity (Wildman–Crippen MR) is 138 cm³/mol. The molecule has 2 heterocycles. The molecule has 4 aromatic rings. The standard InChI is InChI=1S/C27H24N2O5S/c1-32-25-14-18(7-11-23(25)30)5-9-20-16-21(10-6-19-8-12-24(31)26(15-19)33-2)29(27(35)28-20)17-22-4-3-13-34-22/h3-16,30-31H,17H2,1-2H3/b9-5+,10-6+. The lowest BCUT2D eigenvalue weighted by Crippen LogP contribution is -2.08. The van der Waals surface area contributed by atoms with Crippen LogP contribution in [-0.4, -0.2) is 34.0 Å². The van der Waals surface area contributed by atoms with Crippen molar-refractivity contribution in [3.05, 3.63) is 93.9 Å². The number of benzene rings is 2. The minimum absolute atomic E-state index is 0.0765. The zero-order chi connectivity index (χ0) is 24.8. The van der Waals surface area contributed by atoms with Crippen LogP contribution in [0.25, 0.3) is 24.3 Å². The number of phenolic OH excluding ortho intramolecular Hbond substituents is 2. The van der Waals surface area contributed by atoms with E-state index >= 15 is 0 Å². The summed E-state index contributed by atoms with van der Waals surface area (Å²) in [5.74, 6) is 1.69. The number of rotatable bonds is 8. The maximum absolute atomic E-state index is 9.87. The normalized spacial score (nSPS) is 11.4. The maximum Gasteiger partial charge on any atom is 0.200 e. The van der Waals surface area contributed by atoms with E-state index in [2.05, 4.69) is 4.98 Å². The fraction of sp³-hybridized carbons (Fsp3) is 0.111. The van der Waals surface area contributed by atoms with E-state index in [1.165, 1.54) is 14.2 Å². The molecule has 0 aliphatic heterocycles. The molecule has 0 atom stereocenters. The average molecular weight is 489 g/mol. The van der Waals surface area contributed by atoms with E-state index in [9.17, 15) is 10.2 Å². The highest BCUT2D eigenvalue weighted by Crippen LogP contribution is 2.28. The number of aromatic hydroxyl groups is 2. The van der Waals surface area contributed by atoms with Crippen LogP contribution in [0.2, 0.25) is 0 Å². The molecule has 0 spiro atoms. The molecule has 2 aromatic carbocycles. The first-order valence-electron chi connectivity index (χ1n) is 10.7. The number of nitrogens with zero attached hydrogens (tertiary/aromatic N) is 2. The lowest BCUT2D eigenvalue weighted by atomic mass is 10.1. The van der Waals surface area contributed by atoms with Crippen molar-refractivity contribution >= 4 is 36.5 Å². The van der Waals surface area contributed by atoms with Gasteiger partial charge in [0.15, 0.2) is 23.0 Å². The molecular formula is C27H24N2O5S. The maximum atomic E-state index is 9.87. The smallest absolute Gasteiger partial charge is 0.200 e. The molecule has 2 N–H and O–H groups in total. The Hall–Kier alpha value is -4.30. The first-order valence-corrected chi connectivity index (χ1v) is 11.1. The largest absolute Gasteiger partial charge is 0.504 e. The van der Waals surface area contributed by atoms with Crippen LogP contribution >= 0.6 is 12.2 Å². The van der Waals surface area contributed by atoms with E-state index in [4.69, 9.17) is 26.1 Å². The summed E-state index contributed by atoms with van der Waals surface area (Å²) in [5, 5.41) is 19.7. The molecule has 0 bridgehead atoms. The van der Waals surface area contributed by atoms with Gasteiger partial charge in [0.05, 0.1) is 32.7 Å². The number of furan rings is 1. The van der Waals surface area contributed by atoms with E-state index in [-0.39, 0.29) is 11.5 Å². The van der Waals surface area contributed by atoms with Gasteiger partial charge in [-0.05, 0) is 78.0 Å².